The molecule has 92 valence electrons. The Kier molecular flexibility index (Phi) is 5.14. The summed E-state index contributed by atoms with van der Waals surface area (Å²) in [6.07, 6.45) is 3.02. The molecule has 0 atom stereocenters. The van der Waals surface area contributed by atoms with Crippen LogP contribution in [0.4, 0.5) is 0 Å². The number of benzene rings is 1. The standard InChI is InChI=1S/C14H17N.C2H6/c1-4-11-7-13-8-12(10(2)3)5-6-14(13)15-9-11;1-2/h5-10H,4H2,1-3H3;1-2H3. The highest BCUT2D eigenvalue weighted by Crippen LogP contribution is 2.20. The molecule has 1 heterocycles. The van der Waals surface area contributed by atoms with Crippen molar-refractivity contribution in [1.29, 1.82) is 0 Å². The molecule has 0 spiro atoms. The molecule has 0 unspecified atom stereocenters. The van der Waals surface area contributed by atoms with Crippen LogP contribution in [0, 0.1) is 0 Å². The van der Waals surface area contributed by atoms with E-state index in [4.69, 9.17) is 0 Å². The zero-order valence-electron chi connectivity index (χ0n) is 11.6. The van der Waals surface area contributed by atoms with E-state index >= 15 is 0 Å². The van der Waals surface area contributed by atoms with E-state index in [1.807, 2.05) is 20.0 Å². The van der Waals surface area contributed by atoms with E-state index in [1.165, 1.54) is 16.5 Å². The molecule has 0 saturated carbocycles. The Hall–Kier alpha value is -1.37. The molecule has 0 aliphatic rings. The number of hydrogen-bond acceptors (Lipinski definition) is 1. The highest BCUT2D eigenvalue weighted by atomic mass is 14.6. The van der Waals surface area contributed by atoms with E-state index in [9.17, 15) is 0 Å². The van der Waals surface area contributed by atoms with Crippen LogP contribution >= 0.6 is 0 Å². The first-order valence-corrected chi connectivity index (χ1v) is 6.59. The summed E-state index contributed by atoms with van der Waals surface area (Å²) in [5, 5.41) is 1.26. The van der Waals surface area contributed by atoms with Gasteiger partial charge in [-0.1, -0.05) is 40.7 Å². The van der Waals surface area contributed by atoms with Gasteiger partial charge in [0.2, 0.25) is 0 Å². The second-order valence-corrected chi connectivity index (χ2v) is 4.30. The molecule has 0 radical (unpaired) electrons. The number of aryl methyl sites for hydroxylation is 1. The third-order valence-electron chi connectivity index (χ3n) is 2.84. The molecular weight excluding hydrogens is 206 g/mol. The third-order valence-corrected chi connectivity index (χ3v) is 2.84. The van der Waals surface area contributed by atoms with Gasteiger partial charge in [0.25, 0.3) is 0 Å². The maximum Gasteiger partial charge on any atom is 0.0702 e. The number of nitrogens with zero attached hydrogens (tertiary/aromatic N) is 1. The Morgan fingerprint density at radius 2 is 1.82 bits per heavy atom. The normalized spacial score (nSPS) is 10.2. The lowest BCUT2D eigenvalue weighted by Gasteiger charge is -2.07. The summed E-state index contributed by atoms with van der Waals surface area (Å²) in [5.41, 5.74) is 3.79. The van der Waals surface area contributed by atoms with Crippen molar-refractivity contribution in [2.24, 2.45) is 0 Å². The van der Waals surface area contributed by atoms with Crippen molar-refractivity contribution in [2.75, 3.05) is 0 Å². The average Bonchev–Trinajstić information content (AvgIpc) is 2.39. The molecule has 0 fully saturated rings. The molecule has 0 aliphatic heterocycles. The zero-order valence-corrected chi connectivity index (χ0v) is 11.6. The van der Waals surface area contributed by atoms with E-state index in [0.29, 0.717) is 5.92 Å². The summed E-state index contributed by atoms with van der Waals surface area (Å²) in [7, 11) is 0. The molecule has 2 aromatic rings. The van der Waals surface area contributed by atoms with Gasteiger partial charge in [0.05, 0.1) is 5.52 Å². The van der Waals surface area contributed by atoms with Gasteiger partial charge in [0.15, 0.2) is 0 Å². The van der Waals surface area contributed by atoms with Gasteiger partial charge in [-0.3, -0.25) is 4.98 Å². The van der Waals surface area contributed by atoms with E-state index < -0.39 is 0 Å². The zero-order chi connectivity index (χ0) is 12.8. The molecule has 0 bridgehead atoms. The van der Waals surface area contributed by atoms with Gasteiger partial charge in [-0.05, 0) is 41.7 Å². The molecule has 2 rings (SSSR count). The van der Waals surface area contributed by atoms with Crippen molar-refractivity contribution in [2.45, 2.75) is 47.0 Å². The van der Waals surface area contributed by atoms with Gasteiger partial charge >= 0.3 is 0 Å². The fraction of sp³-hybridized carbons (Fsp3) is 0.438. The lowest BCUT2D eigenvalue weighted by Crippen LogP contribution is -1.89. The summed E-state index contributed by atoms with van der Waals surface area (Å²) in [5.74, 6) is 0.583. The quantitative estimate of drug-likeness (QED) is 0.710. The fourth-order valence-corrected chi connectivity index (χ4v) is 1.75. The van der Waals surface area contributed by atoms with Crippen LogP contribution in [0.15, 0.2) is 30.5 Å². The minimum atomic E-state index is 0.583. The Balaban J connectivity index is 0.000000686. The number of fused-ring (bicyclic) bond motifs is 1. The summed E-state index contributed by atoms with van der Waals surface area (Å²) in [4.78, 5) is 4.45. The smallest absolute Gasteiger partial charge is 0.0702 e. The van der Waals surface area contributed by atoms with Crippen molar-refractivity contribution in [1.82, 2.24) is 4.98 Å². The fourth-order valence-electron chi connectivity index (χ4n) is 1.75. The van der Waals surface area contributed by atoms with Gasteiger partial charge in [0, 0.05) is 11.6 Å². The summed E-state index contributed by atoms with van der Waals surface area (Å²) in [6.45, 7) is 10.6. The molecular formula is C16H23N. The molecule has 1 nitrogen and oxygen atoms in total. The lowest BCUT2D eigenvalue weighted by molar-refractivity contribution is 0.868. The predicted molar refractivity (Wildman–Crippen MR) is 76.6 cm³/mol. The Bertz CT molecular complexity index is 472. The molecule has 1 aromatic carbocycles. The average molecular weight is 229 g/mol. The van der Waals surface area contributed by atoms with Gasteiger partial charge < -0.3 is 0 Å². The van der Waals surface area contributed by atoms with Crippen LogP contribution in [0.25, 0.3) is 10.9 Å². The van der Waals surface area contributed by atoms with Crippen LogP contribution in [0.3, 0.4) is 0 Å². The third kappa shape index (κ3) is 3.29. The van der Waals surface area contributed by atoms with Crippen LogP contribution in [-0.2, 0) is 6.42 Å². The number of aromatic nitrogens is 1. The van der Waals surface area contributed by atoms with Crippen molar-refractivity contribution in [3.8, 4) is 0 Å². The lowest BCUT2D eigenvalue weighted by atomic mass is 10.0. The topological polar surface area (TPSA) is 12.9 Å². The van der Waals surface area contributed by atoms with E-state index in [2.05, 4.69) is 50.0 Å². The van der Waals surface area contributed by atoms with Crippen molar-refractivity contribution < 1.29 is 0 Å². The maximum absolute atomic E-state index is 4.45. The Morgan fingerprint density at radius 1 is 1.12 bits per heavy atom. The van der Waals surface area contributed by atoms with Crippen molar-refractivity contribution >= 4 is 10.9 Å². The molecule has 0 aliphatic carbocycles. The van der Waals surface area contributed by atoms with Gasteiger partial charge in [-0.15, -0.1) is 0 Å². The van der Waals surface area contributed by atoms with Crippen LogP contribution in [0.2, 0.25) is 0 Å². The SMILES string of the molecule is CC.CCc1cnc2ccc(C(C)C)cc2c1. The molecule has 0 N–H and O–H groups in total. The van der Waals surface area contributed by atoms with Crippen LogP contribution < -0.4 is 0 Å². The first-order valence-electron chi connectivity index (χ1n) is 6.59. The highest BCUT2D eigenvalue weighted by Gasteiger charge is 2.01. The summed E-state index contributed by atoms with van der Waals surface area (Å²) >= 11 is 0. The molecule has 0 amide bonds. The molecule has 1 aromatic heterocycles. The number of hydrogen-bond donors (Lipinski definition) is 0. The second kappa shape index (κ2) is 6.39. The van der Waals surface area contributed by atoms with Gasteiger partial charge in [-0.2, -0.15) is 0 Å². The number of pyridine rings is 1. The monoisotopic (exact) mass is 229 g/mol. The van der Waals surface area contributed by atoms with Crippen LogP contribution in [0.5, 0.6) is 0 Å². The van der Waals surface area contributed by atoms with Gasteiger partial charge in [0.1, 0.15) is 0 Å². The first-order chi connectivity index (χ1) is 8.20. The van der Waals surface area contributed by atoms with Gasteiger partial charge in [-0.25, -0.2) is 0 Å². The molecule has 1 heteroatoms. The van der Waals surface area contributed by atoms with Crippen molar-refractivity contribution in [3.05, 3.63) is 41.6 Å². The van der Waals surface area contributed by atoms with Crippen LogP contribution in [-0.4, -0.2) is 4.98 Å². The summed E-state index contributed by atoms with van der Waals surface area (Å²) < 4.78 is 0. The predicted octanol–water partition coefficient (Wildman–Crippen LogP) is 4.95. The second-order valence-electron chi connectivity index (χ2n) is 4.30. The Labute approximate surface area is 105 Å². The van der Waals surface area contributed by atoms with Crippen LogP contribution in [0.1, 0.15) is 51.7 Å². The molecule has 17 heavy (non-hydrogen) atoms. The molecule has 0 saturated heterocycles. The minimum Gasteiger partial charge on any atom is -0.256 e. The van der Waals surface area contributed by atoms with E-state index in [1.54, 1.807) is 0 Å². The van der Waals surface area contributed by atoms with E-state index in [0.717, 1.165) is 11.9 Å². The first kappa shape index (κ1) is 13.7. The highest BCUT2D eigenvalue weighted by molar-refractivity contribution is 5.79. The summed E-state index contributed by atoms with van der Waals surface area (Å²) in [6, 6.07) is 8.79. The maximum atomic E-state index is 4.45. The Morgan fingerprint density at radius 3 is 2.41 bits per heavy atom. The largest absolute Gasteiger partial charge is 0.256 e. The number of rotatable bonds is 2. The van der Waals surface area contributed by atoms with Crippen molar-refractivity contribution in [3.63, 3.8) is 0 Å². The minimum absolute atomic E-state index is 0.583. The van der Waals surface area contributed by atoms with E-state index in [-0.39, 0.29) is 0 Å².